The molecule has 21 heavy (non-hydrogen) atoms. The molecule has 0 saturated heterocycles. The molecular weight excluding hydrogens is 313 g/mol. The molecule has 0 aliphatic rings. The molecule has 1 aromatic carbocycles. The molecule has 1 heterocycles. The van der Waals surface area contributed by atoms with Gasteiger partial charge in [-0.1, -0.05) is 18.3 Å². The first kappa shape index (κ1) is 15.3. The Balaban J connectivity index is 2.34. The average molecular weight is 325 g/mol. The minimum Gasteiger partial charge on any atom is -0.388 e. The number of benzene rings is 1. The summed E-state index contributed by atoms with van der Waals surface area (Å²) in [6.07, 6.45) is 1.12. The van der Waals surface area contributed by atoms with E-state index in [9.17, 15) is 12.8 Å². The van der Waals surface area contributed by atoms with Gasteiger partial charge in [0, 0.05) is 6.20 Å². The van der Waals surface area contributed by atoms with Crippen LogP contribution in [-0.2, 0) is 10.0 Å². The zero-order valence-corrected chi connectivity index (χ0v) is 12.6. The molecule has 0 aliphatic heterocycles. The normalized spacial score (nSPS) is 11.1. The molecule has 0 aliphatic carbocycles. The molecule has 3 N–H and O–H groups in total. The standard InChI is InChI=1S/C13H12FN3O2S2/c1-8-2-4-10(14)12(6-8)17-21(18,19)9-3-5-11(13(15)20)16-7-9/h2-7,17H,1H3,(H2,15,20). The van der Waals surface area contributed by atoms with Crippen LogP contribution in [0.4, 0.5) is 10.1 Å². The Morgan fingerprint density at radius 1 is 1.33 bits per heavy atom. The molecular formula is C13H12FN3O2S2. The third kappa shape index (κ3) is 3.53. The summed E-state index contributed by atoms with van der Waals surface area (Å²) in [5, 5.41) is 0. The lowest BCUT2D eigenvalue weighted by Crippen LogP contribution is -2.16. The fourth-order valence-electron chi connectivity index (χ4n) is 1.61. The lowest BCUT2D eigenvalue weighted by Gasteiger charge is -2.09. The molecule has 0 radical (unpaired) electrons. The lowest BCUT2D eigenvalue weighted by molar-refractivity contribution is 0.598. The number of aromatic nitrogens is 1. The number of aryl methyl sites for hydroxylation is 1. The minimum atomic E-state index is -3.93. The third-order valence-corrected chi connectivity index (χ3v) is 4.23. The van der Waals surface area contributed by atoms with Crippen molar-refractivity contribution in [2.24, 2.45) is 5.73 Å². The second-order valence-electron chi connectivity index (χ2n) is 4.33. The summed E-state index contributed by atoms with van der Waals surface area (Å²) < 4.78 is 40.1. The van der Waals surface area contributed by atoms with Crippen LogP contribution in [0.5, 0.6) is 0 Å². The topological polar surface area (TPSA) is 85.1 Å². The number of pyridine rings is 1. The van der Waals surface area contributed by atoms with Crippen molar-refractivity contribution in [2.45, 2.75) is 11.8 Å². The van der Waals surface area contributed by atoms with E-state index in [2.05, 4.69) is 9.71 Å². The molecule has 0 unspecified atom stereocenters. The zero-order valence-electron chi connectivity index (χ0n) is 11.0. The van der Waals surface area contributed by atoms with Crippen LogP contribution in [0.2, 0.25) is 0 Å². The highest BCUT2D eigenvalue weighted by molar-refractivity contribution is 7.92. The van der Waals surface area contributed by atoms with Crippen molar-refractivity contribution in [3.63, 3.8) is 0 Å². The van der Waals surface area contributed by atoms with Crippen molar-refractivity contribution >= 4 is 32.9 Å². The van der Waals surface area contributed by atoms with Gasteiger partial charge >= 0.3 is 0 Å². The minimum absolute atomic E-state index is 0.0663. The third-order valence-electron chi connectivity index (χ3n) is 2.67. The second kappa shape index (κ2) is 5.74. The van der Waals surface area contributed by atoms with Crippen LogP contribution in [0.15, 0.2) is 41.4 Å². The molecule has 110 valence electrons. The zero-order chi connectivity index (χ0) is 15.6. The molecule has 0 fully saturated rings. The van der Waals surface area contributed by atoms with E-state index < -0.39 is 15.8 Å². The van der Waals surface area contributed by atoms with E-state index in [1.807, 2.05) is 0 Å². The summed E-state index contributed by atoms with van der Waals surface area (Å²) in [6.45, 7) is 1.73. The molecule has 0 saturated carbocycles. The van der Waals surface area contributed by atoms with E-state index in [1.54, 1.807) is 13.0 Å². The number of halogens is 1. The number of nitrogens with zero attached hydrogens (tertiary/aromatic N) is 1. The van der Waals surface area contributed by atoms with E-state index in [4.69, 9.17) is 18.0 Å². The first-order valence-electron chi connectivity index (χ1n) is 5.84. The number of nitrogens with two attached hydrogens (primary N) is 1. The molecule has 0 spiro atoms. The second-order valence-corrected chi connectivity index (χ2v) is 6.45. The van der Waals surface area contributed by atoms with Gasteiger partial charge in [-0.25, -0.2) is 12.8 Å². The van der Waals surface area contributed by atoms with Crippen molar-refractivity contribution in [1.82, 2.24) is 4.98 Å². The number of hydrogen-bond acceptors (Lipinski definition) is 4. The predicted octanol–water partition coefficient (Wildman–Crippen LogP) is 1.96. The van der Waals surface area contributed by atoms with Crippen molar-refractivity contribution in [2.75, 3.05) is 4.72 Å². The first-order valence-corrected chi connectivity index (χ1v) is 7.73. The van der Waals surface area contributed by atoms with Crippen LogP contribution in [0.3, 0.4) is 0 Å². The first-order chi connectivity index (χ1) is 9.79. The van der Waals surface area contributed by atoms with E-state index in [-0.39, 0.29) is 15.6 Å². The maximum absolute atomic E-state index is 13.6. The Kier molecular flexibility index (Phi) is 4.19. The van der Waals surface area contributed by atoms with Gasteiger partial charge in [0.05, 0.1) is 11.4 Å². The number of sulfonamides is 1. The lowest BCUT2D eigenvalue weighted by atomic mass is 10.2. The maximum Gasteiger partial charge on any atom is 0.263 e. The fraction of sp³-hybridized carbons (Fsp3) is 0.0769. The van der Waals surface area contributed by atoms with Crippen LogP contribution in [0.1, 0.15) is 11.3 Å². The van der Waals surface area contributed by atoms with Crippen LogP contribution in [0.25, 0.3) is 0 Å². The van der Waals surface area contributed by atoms with Gasteiger partial charge in [-0.05, 0) is 36.8 Å². The Morgan fingerprint density at radius 3 is 2.62 bits per heavy atom. The van der Waals surface area contributed by atoms with Crippen LogP contribution >= 0.6 is 12.2 Å². The SMILES string of the molecule is Cc1ccc(F)c(NS(=O)(=O)c2ccc(C(N)=S)nc2)c1. The van der Waals surface area contributed by atoms with Crippen LogP contribution < -0.4 is 10.5 Å². The molecule has 0 atom stereocenters. The maximum atomic E-state index is 13.6. The highest BCUT2D eigenvalue weighted by atomic mass is 32.2. The van der Waals surface area contributed by atoms with E-state index >= 15 is 0 Å². The van der Waals surface area contributed by atoms with Crippen molar-refractivity contribution in [3.8, 4) is 0 Å². The monoisotopic (exact) mass is 325 g/mol. The summed E-state index contributed by atoms with van der Waals surface area (Å²) in [6, 6.07) is 6.85. The predicted molar refractivity (Wildman–Crippen MR) is 82.1 cm³/mol. The molecule has 0 bridgehead atoms. The largest absolute Gasteiger partial charge is 0.388 e. The van der Waals surface area contributed by atoms with Crippen LogP contribution in [0, 0.1) is 12.7 Å². The highest BCUT2D eigenvalue weighted by Crippen LogP contribution is 2.20. The van der Waals surface area contributed by atoms with Crippen molar-refractivity contribution < 1.29 is 12.8 Å². The van der Waals surface area contributed by atoms with E-state index in [0.717, 1.165) is 11.8 Å². The summed E-state index contributed by atoms with van der Waals surface area (Å²) >= 11 is 4.74. The number of rotatable bonds is 4. The van der Waals surface area contributed by atoms with Crippen LogP contribution in [-0.4, -0.2) is 18.4 Å². The van der Waals surface area contributed by atoms with Gasteiger partial charge in [0.1, 0.15) is 15.7 Å². The number of thiocarbonyl (C=S) groups is 1. The molecule has 0 amide bonds. The summed E-state index contributed by atoms with van der Waals surface area (Å²) in [4.78, 5) is 3.81. The average Bonchev–Trinajstić information content (AvgIpc) is 2.43. The van der Waals surface area contributed by atoms with Gasteiger partial charge in [-0.15, -0.1) is 0 Å². The molecule has 2 aromatic rings. The number of hydrogen-bond donors (Lipinski definition) is 2. The number of anilines is 1. The van der Waals surface area contributed by atoms with Gasteiger partial charge in [0.15, 0.2) is 0 Å². The van der Waals surface area contributed by atoms with Gasteiger partial charge in [-0.2, -0.15) is 0 Å². The van der Waals surface area contributed by atoms with Crippen molar-refractivity contribution in [3.05, 3.63) is 53.6 Å². The Hall–Kier alpha value is -2.06. The summed E-state index contributed by atoms with van der Waals surface area (Å²) in [5.41, 5.74) is 6.31. The molecule has 5 nitrogen and oxygen atoms in total. The Morgan fingerprint density at radius 2 is 2.05 bits per heavy atom. The fourth-order valence-corrected chi connectivity index (χ4v) is 2.73. The Bertz CT molecular complexity index is 790. The van der Waals surface area contributed by atoms with Gasteiger partial charge in [0.2, 0.25) is 0 Å². The molecule has 8 heteroatoms. The highest BCUT2D eigenvalue weighted by Gasteiger charge is 2.17. The van der Waals surface area contributed by atoms with Gasteiger partial charge in [-0.3, -0.25) is 9.71 Å². The van der Waals surface area contributed by atoms with Gasteiger partial charge in [0.25, 0.3) is 10.0 Å². The molecule has 2 rings (SSSR count). The van der Waals surface area contributed by atoms with E-state index in [1.165, 1.54) is 24.3 Å². The van der Waals surface area contributed by atoms with Crippen molar-refractivity contribution in [1.29, 1.82) is 0 Å². The van der Waals surface area contributed by atoms with Gasteiger partial charge < -0.3 is 5.73 Å². The smallest absolute Gasteiger partial charge is 0.263 e. The molecule has 1 aromatic heterocycles. The number of nitrogens with one attached hydrogen (secondary N) is 1. The van der Waals surface area contributed by atoms with E-state index in [0.29, 0.717) is 5.69 Å². The summed E-state index contributed by atoms with van der Waals surface area (Å²) in [7, 11) is -3.93. The quantitative estimate of drug-likeness (QED) is 0.840. The Labute approximate surface area is 127 Å². The summed E-state index contributed by atoms with van der Waals surface area (Å²) in [5.74, 6) is -0.656.